The Morgan fingerprint density at radius 2 is 1.82 bits per heavy atom. The SMILES string of the molecule is CSc1ccc(CNC(=O)C(C)Oc2ccc(N)cc2)cc1. The van der Waals surface area contributed by atoms with E-state index in [9.17, 15) is 4.79 Å². The molecular formula is C17H20N2O2S. The van der Waals surface area contributed by atoms with E-state index in [0.717, 1.165) is 5.56 Å². The fourth-order valence-electron chi connectivity index (χ4n) is 1.88. The number of rotatable bonds is 6. The molecule has 1 amide bonds. The van der Waals surface area contributed by atoms with Crippen LogP contribution in [0.3, 0.4) is 0 Å². The van der Waals surface area contributed by atoms with Crippen LogP contribution in [-0.4, -0.2) is 18.3 Å². The molecule has 1 unspecified atom stereocenters. The van der Waals surface area contributed by atoms with Gasteiger partial charge in [-0.1, -0.05) is 12.1 Å². The standard InChI is InChI=1S/C17H20N2O2S/c1-12(21-15-7-5-14(18)6-8-15)17(20)19-11-13-3-9-16(22-2)10-4-13/h3-10,12H,11,18H2,1-2H3,(H,19,20). The normalized spacial score (nSPS) is 11.7. The van der Waals surface area contributed by atoms with Crippen molar-refractivity contribution in [2.24, 2.45) is 0 Å². The van der Waals surface area contributed by atoms with Crippen LogP contribution in [0.2, 0.25) is 0 Å². The number of anilines is 1. The molecule has 22 heavy (non-hydrogen) atoms. The third kappa shape index (κ3) is 4.70. The van der Waals surface area contributed by atoms with E-state index in [1.54, 1.807) is 43.0 Å². The largest absolute Gasteiger partial charge is 0.481 e. The molecule has 0 aliphatic rings. The molecular weight excluding hydrogens is 296 g/mol. The molecule has 0 bridgehead atoms. The zero-order valence-electron chi connectivity index (χ0n) is 12.7. The number of amides is 1. The highest BCUT2D eigenvalue weighted by molar-refractivity contribution is 7.98. The minimum Gasteiger partial charge on any atom is -0.481 e. The van der Waals surface area contributed by atoms with E-state index in [1.165, 1.54) is 4.90 Å². The van der Waals surface area contributed by atoms with E-state index >= 15 is 0 Å². The van der Waals surface area contributed by atoms with E-state index in [0.29, 0.717) is 18.0 Å². The van der Waals surface area contributed by atoms with E-state index in [-0.39, 0.29) is 5.91 Å². The van der Waals surface area contributed by atoms with Crippen LogP contribution in [0.1, 0.15) is 12.5 Å². The first-order valence-electron chi connectivity index (χ1n) is 7.01. The van der Waals surface area contributed by atoms with Crippen molar-refractivity contribution in [1.29, 1.82) is 0 Å². The molecule has 0 saturated heterocycles. The Kier molecular flexibility index (Phi) is 5.72. The predicted octanol–water partition coefficient (Wildman–Crippen LogP) is 3.07. The maximum absolute atomic E-state index is 12.0. The van der Waals surface area contributed by atoms with Crippen LogP contribution in [0, 0.1) is 0 Å². The average Bonchev–Trinajstić information content (AvgIpc) is 2.55. The Morgan fingerprint density at radius 1 is 1.18 bits per heavy atom. The van der Waals surface area contributed by atoms with Crippen molar-refractivity contribution in [1.82, 2.24) is 5.32 Å². The summed E-state index contributed by atoms with van der Waals surface area (Å²) in [6, 6.07) is 15.1. The number of carbonyl (C=O) groups excluding carboxylic acids is 1. The summed E-state index contributed by atoms with van der Waals surface area (Å²) in [5.41, 5.74) is 7.34. The van der Waals surface area contributed by atoms with E-state index in [4.69, 9.17) is 10.5 Å². The summed E-state index contributed by atoms with van der Waals surface area (Å²) in [7, 11) is 0. The van der Waals surface area contributed by atoms with Gasteiger partial charge in [0.15, 0.2) is 6.10 Å². The van der Waals surface area contributed by atoms with Crippen molar-refractivity contribution < 1.29 is 9.53 Å². The Hall–Kier alpha value is -2.14. The second-order valence-electron chi connectivity index (χ2n) is 4.89. The Labute approximate surface area is 135 Å². The molecule has 2 aromatic rings. The number of ether oxygens (including phenoxy) is 1. The van der Waals surface area contributed by atoms with E-state index in [2.05, 4.69) is 5.32 Å². The van der Waals surface area contributed by atoms with Gasteiger partial charge in [0.2, 0.25) is 0 Å². The van der Waals surface area contributed by atoms with Crippen LogP contribution in [0.5, 0.6) is 5.75 Å². The van der Waals surface area contributed by atoms with Gasteiger partial charge in [0, 0.05) is 17.1 Å². The molecule has 4 nitrogen and oxygen atoms in total. The Morgan fingerprint density at radius 3 is 2.41 bits per heavy atom. The minimum absolute atomic E-state index is 0.147. The van der Waals surface area contributed by atoms with Crippen LogP contribution in [-0.2, 0) is 11.3 Å². The van der Waals surface area contributed by atoms with Gasteiger partial charge in [-0.25, -0.2) is 0 Å². The highest BCUT2D eigenvalue weighted by atomic mass is 32.2. The quantitative estimate of drug-likeness (QED) is 0.635. The minimum atomic E-state index is -0.561. The number of nitrogens with two attached hydrogens (primary N) is 1. The second-order valence-corrected chi connectivity index (χ2v) is 5.77. The lowest BCUT2D eigenvalue weighted by molar-refractivity contribution is -0.127. The fourth-order valence-corrected chi connectivity index (χ4v) is 2.29. The van der Waals surface area contributed by atoms with Gasteiger partial charge in [-0.15, -0.1) is 11.8 Å². The summed E-state index contributed by atoms with van der Waals surface area (Å²) in [6.45, 7) is 2.21. The Balaban J connectivity index is 1.84. The molecule has 2 rings (SSSR count). The van der Waals surface area contributed by atoms with Crippen molar-refractivity contribution in [3.05, 3.63) is 54.1 Å². The van der Waals surface area contributed by atoms with E-state index in [1.807, 2.05) is 30.5 Å². The van der Waals surface area contributed by atoms with Crippen molar-refractivity contribution in [3.8, 4) is 5.75 Å². The average molecular weight is 316 g/mol. The fraction of sp³-hybridized carbons (Fsp3) is 0.235. The lowest BCUT2D eigenvalue weighted by atomic mass is 10.2. The molecule has 0 aromatic heterocycles. The van der Waals surface area contributed by atoms with Gasteiger partial charge in [-0.05, 0) is 55.1 Å². The maximum atomic E-state index is 12.0. The summed E-state index contributed by atoms with van der Waals surface area (Å²) in [6.07, 6.45) is 1.47. The van der Waals surface area contributed by atoms with Gasteiger partial charge in [0.1, 0.15) is 5.75 Å². The summed E-state index contributed by atoms with van der Waals surface area (Å²) >= 11 is 1.69. The maximum Gasteiger partial charge on any atom is 0.261 e. The number of hydrogen-bond donors (Lipinski definition) is 2. The molecule has 5 heteroatoms. The van der Waals surface area contributed by atoms with Gasteiger partial charge in [-0.2, -0.15) is 0 Å². The van der Waals surface area contributed by atoms with Gasteiger partial charge < -0.3 is 15.8 Å². The summed E-state index contributed by atoms with van der Waals surface area (Å²) in [5, 5.41) is 2.87. The summed E-state index contributed by atoms with van der Waals surface area (Å²) < 4.78 is 5.59. The van der Waals surface area contributed by atoms with E-state index < -0.39 is 6.10 Å². The van der Waals surface area contributed by atoms with Crippen LogP contribution >= 0.6 is 11.8 Å². The van der Waals surface area contributed by atoms with Gasteiger partial charge in [-0.3, -0.25) is 4.79 Å². The molecule has 0 heterocycles. The number of hydrogen-bond acceptors (Lipinski definition) is 4. The highest BCUT2D eigenvalue weighted by Crippen LogP contribution is 2.16. The summed E-state index contributed by atoms with van der Waals surface area (Å²) in [4.78, 5) is 13.2. The van der Waals surface area contributed by atoms with Crippen LogP contribution in [0.4, 0.5) is 5.69 Å². The molecule has 0 aliphatic heterocycles. The van der Waals surface area contributed by atoms with Gasteiger partial charge in [0.25, 0.3) is 5.91 Å². The van der Waals surface area contributed by atoms with Crippen molar-refractivity contribution in [2.45, 2.75) is 24.5 Å². The molecule has 116 valence electrons. The predicted molar refractivity (Wildman–Crippen MR) is 91.0 cm³/mol. The van der Waals surface area contributed by atoms with Crippen molar-refractivity contribution >= 4 is 23.4 Å². The lowest BCUT2D eigenvalue weighted by Crippen LogP contribution is -2.35. The number of nitrogens with one attached hydrogen (secondary N) is 1. The molecule has 0 aliphatic carbocycles. The lowest BCUT2D eigenvalue weighted by Gasteiger charge is -2.15. The number of thioether (sulfide) groups is 1. The third-order valence-corrected chi connectivity index (χ3v) is 3.93. The monoisotopic (exact) mass is 316 g/mol. The molecule has 0 spiro atoms. The van der Waals surface area contributed by atoms with Crippen LogP contribution in [0.25, 0.3) is 0 Å². The molecule has 0 saturated carbocycles. The first kappa shape index (κ1) is 16.2. The highest BCUT2D eigenvalue weighted by Gasteiger charge is 2.14. The van der Waals surface area contributed by atoms with Crippen LogP contribution < -0.4 is 15.8 Å². The third-order valence-electron chi connectivity index (χ3n) is 3.19. The zero-order valence-corrected chi connectivity index (χ0v) is 13.5. The van der Waals surface area contributed by atoms with Crippen molar-refractivity contribution in [2.75, 3.05) is 12.0 Å². The van der Waals surface area contributed by atoms with Gasteiger partial charge >= 0.3 is 0 Å². The van der Waals surface area contributed by atoms with Crippen LogP contribution in [0.15, 0.2) is 53.4 Å². The first-order chi connectivity index (χ1) is 10.6. The number of carbonyl (C=O) groups is 1. The Bertz CT molecular complexity index is 612. The molecule has 0 fully saturated rings. The molecule has 1 atom stereocenters. The molecule has 3 N–H and O–H groups in total. The number of benzene rings is 2. The van der Waals surface area contributed by atoms with Crippen molar-refractivity contribution in [3.63, 3.8) is 0 Å². The van der Waals surface area contributed by atoms with Gasteiger partial charge in [0.05, 0.1) is 0 Å². The first-order valence-corrected chi connectivity index (χ1v) is 8.24. The zero-order chi connectivity index (χ0) is 15.9. The molecule has 0 radical (unpaired) electrons. The summed E-state index contributed by atoms with van der Waals surface area (Å²) in [5.74, 6) is 0.479. The second kappa shape index (κ2) is 7.75. The molecule has 2 aromatic carbocycles. The number of nitrogen functional groups attached to an aromatic ring is 1. The topological polar surface area (TPSA) is 64.3 Å². The smallest absolute Gasteiger partial charge is 0.261 e.